The fraction of sp³-hybridized carbons (Fsp3) is 0.355. The zero-order valence-corrected chi connectivity index (χ0v) is 26.4. The van der Waals surface area contributed by atoms with Crippen molar-refractivity contribution < 1.29 is 18.0 Å². The number of benzene rings is 3. The van der Waals surface area contributed by atoms with Gasteiger partial charge in [0.05, 0.1) is 11.9 Å². The van der Waals surface area contributed by atoms with Crippen LogP contribution in [0.5, 0.6) is 0 Å². The van der Waals surface area contributed by atoms with Gasteiger partial charge in [0.1, 0.15) is 12.6 Å². The fourth-order valence-electron chi connectivity index (χ4n) is 4.43. The molecule has 41 heavy (non-hydrogen) atoms. The third-order valence-corrected chi connectivity index (χ3v) is 8.87. The van der Waals surface area contributed by atoms with E-state index in [2.05, 4.69) is 5.32 Å². The van der Waals surface area contributed by atoms with E-state index in [9.17, 15) is 18.0 Å². The van der Waals surface area contributed by atoms with E-state index in [4.69, 9.17) is 23.2 Å². The van der Waals surface area contributed by atoms with Gasteiger partial charge in [-0.05, 0) is 67.6 Å². The third kappa shape index (κ3) is 8.71. The van der Waals surface area contributed by atoms with E-state index in [-0.39, 0.29) is 24.9 Å². The summed E-state index contributed by atoms with van der Waals surface area (Å²) in [7, 11) is -3.86. The number of nitrogens with zero attached hydrogens (tertiary/aromatic N) is 2. The number of carbonyl (C=O) groups is 2. The Hall–Kier alpha value is -3.07. The summed E-state index contributed by atoms with van der Waals surface area (Å²) in [6.45, 7) is 7.04. The molecule has 0 bridgehead atoms. The lowest BCUT2D eigenvalue weighted by atomic mass is 10.0. The van der Waals surface area contributed by atoms with Crippen LogP contribution in [-0.4, -0.2) is 50.0 Å². The second kappa shape index (κ2) is 14.2. The maximum absolute atomic E-state index is 14.2. The van der Waals surface area contributed by atoms with Crippen molar-refractivity contribution >= 4 is 50.7 Å². The van der Waals surface area contributed by atoms with Gasteiger partial charge in [0.15, 0.2) is 0 Å². The molecule has 0 radical (unpaired) electrons. The van der Waals surface area contributed by atoms with E-state index in [0.29, 0.717) is 27.7 Å². The highest BCUT2D eigenvalue weighted by atomic mass is 35.5. The first-order valence-electron chi connectivity index (χ1n) is 13.4. The van der Waals surface area contributed by atoms with Crippen molar-refractivity contribution in [2.75, 3.05) is 17.1 Å². The van der Waals surface area contributed by atoms with Crippen molar-refractivity contribution in [2.24, 2.45) is 0 Å². The number of aryl methyl sites for hydroxylation is 1. The van der Waals surface area contributed by atoms with Crippen molar-refractivity contribution in [3.63, 3.8) is 0 Å². The summed E-state index contributed by atoms with van der Waals surface area (Å²) in [6.07, 6.45) is 2.00. The molecule has 0 saturated heterocycles. The average Bonchev–Trinajstić information content (AvgIpc) is 2.91. The van der Waals surface area contributed by atoms with Gasteiger partial charge < -0.3 is 10.2 Å². The van der Waals surface area contributed by atoms with Gasteiger partial charge in [-0.15, -0.1) is 0 Å². The third-order valence-electron chi connectivity index (χ3n) is 7.15. The SMILES string of the molecule is CC[C@H](C)NC(=O)[C@H](Cc1ccccc1)N(Cc1ccc(Cl)cc1Cl)C(=O)CN(c1cccc(C)c1C)S(C)(=O)=O. The molecular weight excluding hydrogens is 581 g/mol. The van der Waals surface area contributed by atoms with Gasteiger partial charge in [0.25, 0.3) is 0 Å². The fourth-order valence-corrected chi connectivity index (χ4v) is 5.80. The molecule has 0 aromatic heterocycles. The molecule has 3 rings (SSSR count). The molecule has 0 aliphatic rings. The Morgan fingerprint density at radius 1 is 0.976 bits per heavy atom. The predicted octanol–water partition coefficient (Wildman–Crippen LogP) is 5.93. The summed E-state index contributed by atoms with van der Waals surface area (Å²) in [5.41, 5.74) is 3.48. The number of nitrogens with one attached hydrogen (secondary N) is 1. The Labute approximate surface area is 253 Å². The molecule has 0 unspecified atom stereocenters. The van der Waals surface area contributed by atoms with Gasteiger partial charge >= 0.3 is 0 Å². The summed E-state index contributed by atoms with van der Waals surface area (Å²) in [4.78, 5) is 29.4. The van der Waals surface area contributed by atoms with Crippen LogP contribution in [0, 0.1) is 13.8 Å². The van der Waals surface area contributed by atoms with E-state index >= 15 is 0 Å². The molecule has 0 aliphatic heterocycles. The molecule has 0 heterocycles. The van der Waals surface area contributed by atoms with E-state index in [1.165, 1.54) is 4.90 Å². The highest BCUT2D eigenvalue weighted by Crippen LogP contribution is 2.27. The minimum atomic E-state index is -3.86. The number of hydrogen-bond acceptors (Lipinski definition) is 4. The van der Waals surface area contributed by atoms with Crippen molar-refractivity contribution in [2.45, 2.75) is 59.2 Å². The van der Waals surface area contributed by atoms with Gasteiger partial charge in [-0.1, -0.05) is 78.7 Å². The molecule has 220 valence electrons. The number of amides is 2. The molecule has 0 saturated carbocycles. The normalized spacial score (nSPS) is 12.9. The molecule has 3 aromatic rings. The number of anilines is 1. The van der Waals surface area contributed by atoms with Crippen molar-refractivity contribution in [3.8, 4) is 0 Å². The first kappa shape index (κ1) is 32.4. The Morgan fingerprint density at radius 2 is 1.66 bits per heavy atom. The molecule has 0 aliphatic carbocycles. The number of carbonyl (C=O) groups excluding carboxylic acids is 2. The van der Waals surface area contributed by atoms with Crippen LogP contribution < -0.4 is 9.62 Å². The molecule has 0 fully saturated rings. The van der Waals surface area contributed by atoms with Crippen LogP contribution in [-0.2, 0) is 32.6 Å². The Kier molecular flexibility index (Phi) is 11.2. The second-order valence-corrected chi connectivity index (χ2v) is 13.0. The summed E-state index contributed by atoms with van der Waals surface area (Å²) < 4.78 is 27.1. The van der Waals surface area contributed by atoms with E-state index in [0.717, 1.165) is 27.3 Å². The zero-order chi connectivity index (χ0) is 30.3. The van der Waals surface area contributed by atoms with Crippen LogP contribution in [0.25, 0.3) is 0 Å². The minimum absolute atomic E-state index is 0.0232. The molecule has 10 heteroatoms. The minimum Gasteiger partial charge on any atom is -0.352 e. The molecule has 7 nitrogen and oxygen atoms in total. The topological polar surface area (TPSA) is 86.8 Å². The monoisotopic (exact) mass is 617 g/mol. The summed E-state index contributed by atoms with van der Waals surface area (Å²) in [6, 6.07) is 18.6. The first-order valence-corrected chi connectivity index (χ1v) is 16.0. The van der Waals surface area contributed by atoms with E-state index in [1.807, 2.05) is 64.1 Å². The van der Waals surface area contributed by atoms with Crippen molar-refractivity contribution in [3.05, 3.63) is 99.0 Å². The largest absolute Gasteiger partial charge is 0.352 e. The maximum Gasteiger partial charge on any atom is 0.244 e. The Balaban J connectivity index is 2.12. The molecule has 2 amide bonds. The van der Waals surface area contributed by atoms with E-state index in [1.54, 1.807) is 30.3 Å². The second-order valence-electron chi connectivity index (χ2n) is 10.3. The quantitative estimate of drug-likeness (QED) is 0.273. The van der Waals surface area contributed by atoms with Gasteiger partial charge in [-0.2, -0.15) is 0 Å². The lowest BCUT2D eigenvalue weighted by Crippen LogP contribution is -2.54. The first-order chi connectivity index (χ1) is 19.3. The Morgan fingerprint density at radius 3 is 2.27 bits per heavy atom. The lowest BCUT2D eigenvalue weighted by molar-refractivity contribution is -0.140. The highest BCUT2D eigenvalue weighted by Gasteiger charge is 2.34. The van der Waals surface area contributed by atoms with Gasteiger partial charge in [-0.25, -0.2) is 8.42 Å². The molecule has 1 N–H and O–H groups in total. The number of sulfonamides is 1. The Bertz CT molecular complexity index is 1480. The van der Waals surface area contributed by atoms with Gasteiger partial charge in [0.2, 0.25) is 21.8 Å². The van der Waals surface area contributed by atoms with Crippen LogP contribution in [0.4, 0.5) is 5.69 Å². The summed E-state index contributed by atoms with van der Waals surface area (Å²) in [5, 5.41) is 3.78. The predicted molar refractivity (Wildman–Crippen MR) is 167 cm³/mol. The maximum atomic E-state index is 14.2. The van der Waals surface area contributed by atoms with Crippen LogP contribution in [0.1, 0.15) is 42.5 Å². The van der Waals surface area contributed by atoms with Crippen LogP contribution >= 0.6 is 23.2 Å². The highest BCUT2D eigenvalue weighted by molar-refractivity contribution is 7.92. The zero-order valence-electron chi connectivity index (χ0n) is 24.0. The van der Waals surface area contributed by atoms with Crippen LogP contribution in [0.3, 0.4) is 0 Å². The molecular formula is C31H37Cl2N3O4S. The molecule has 2 atom stereocenters. The van der Waals surface area contributed by atoms with Gasteiger partial charge in [-0.3, -0.25) is 13.9 Å². The number of hydrogen-bond donors (Lipinski definition) is 1. The molecule has 3 aromatic carbocycles. The standard InChI is InChI=1S/C31H37Cl2N3O4S/c1-6-22(3)34-31(38)29(17-24-12-8-7-9-13-24)35(19-25-15-16-26(32)18-27(25)33)30(37)20-36(41(5,39)40)28-14-10-11-21(2)23(28)4/h7-16,18,22,29H,6,17,19-20H2,1-5H3,(H,34,38)/t22-,29-/m0/s1. The average molecular weight is 619 g/mol. The van der Waals surface area contributed by atoms with Crippen molar-refractivity contribution in [1.82, 2.24) is 10.2 Å². The van der Waals surface area contributed by atoms with E-state index < -0.39 is 28.5 Å². The lowest BCUT2D eigenvalue weighted by Gasteiger charge is -2.34. The smallest absolute Gasteiger partial charge is 0.244 e. The summed E-state index contributed by atoms with van der Waals surface area (Å²) in [5.74, 6) is -0.873. The summed E-state index contributed by atoms with van der Waals surface area (Å²) >= 11 is 12.6. The van der Waals surface area contributed by atoms with Crippen molar-refractivity contribution in [1.29, 1.82) is 0 Å². The van der Waals surface area contributed by atoms with Crippen LogP contribution in [0.15, 0.2) is 66.7 Å². The number of rotatable bonds is 12. The van der Waals surface area contributed by atoms with Crippen LogP contribution in [0.2, 0.25) is 10.0 Å². The van der Waals surface area contributed by atoms with Gasteiger partial charge in [0, 0.05) is 29.1 Å². The molecule has 0 spiro atoms. The number of halogens is 2.